The molecule has 0 bridgehead atoms. The number of aromatic nitrogens is 2. The highest BCUT2D eigenvalue weighted by molar-refractivity contribution is 5.79. The van der Waals surface area contributed by atoms with Gasteiger partial charge < -0.3 is 20.1 Å². The second-order valence-electron chi connectivity index (χ2n) is 6.43. The fourth-order valence-corrected chi connectivity index (χ4v) is 3.06. The van der Waals surface area contributed by atoms with Gasteiger partial charge in [-0.15, -0.1) is 0 Å². The maximum Gasteiger partial charge on any atom is 0.191 e. The van der Waals surface area contributed by atoms with Crippen LogP contribution in [0.3, 0.4) is 0 Å². The van der Waals surface area contributed by atoms with Gasteiger partial charge in [0.1, 0.15) is 17.6 Å². The summed E-state index contributed by atoms with van der Waals surface area (Å²) in [6, 6.07) is 4.18. The molecule has 1 aliphatic rings. The first-order chi connectivity index (χ1) is 12.6. The van der Waals surface area contributed by atoms with Crippen molar-refractivity contribution in [3.05, 3.63) is 41.2 Å². The van der Waals surface area contributed by atoms with Crippen LogP contribution in [0.4, 0.5) is 0 Å². The summed E-state index contributed by atoms with van der Waals surface area (Å²) in [4.78, 5) is 4.28. The Labute approximate surface area is 154 Å². The van der Waals surface area contributed by atoms with Gasteiger partial charge in [0.2, 0.25) is 0 Å². The number of aryl methyl sites for hydroxylation is 1. The predicted octanol–water partition coefficient (Wildman–Crippen LogP) is 2.01. The van der Waals surface area contributed by atoms with Crippen LogP contribution < -0.4 is 20.1 Å². The van der Waals surface area contributed by atoms with Crippen LogP contribution in [-0.2, 0) is 26.6 Å². The summed E-state index contributed by atoms with van der Waals surface area (Å²) in [5.74, 6) is 2.58. The predicted molar refractivity (Wildman–Crippen MR) is 102 cm³/mol. The van der Waals surface area contributed by atoms with E-state index >= 15 is 0 Å². The molecule has 26 heavy (non-hydrogen) atoms. The summed E-state index contributed by atoms with van der Waals surface area (Å²) >= 11 is 0. The van der Waals surface area contributed by atoms with Gasteiger partial charge in [-0.05, 0) is 26.0 Å². The van der Waals surface area contributed by atoms with E-state index in [1.54, 1.807) is 11.7 Å². The molecule has 0 saturated carbocycles. The van der Waals surface area contributed by atoms with E-state index in [-0.39, 0.29) is 6.10 Å². The maximum atomic E-state index is 5.88. The smallest absolute Gasteiger partial charge is 0.191 e. The van der Waals surface area contributed by atoms with E-state index in [0.29, 0.717) is 19.7 Å². The molecule has 7 heteroatoms. The molecule has 2 heterocycles. The molecule has 0 amide bonds. The Kier molecular flexibility index (Phi) is 5.65. The first-order valence-corrected chi connectivity index (χ1v) is 8.96. The van der Waals surface area contributed by atoms with Crippen molar-refractivity contribution >= 4 is 5.96 Å². The van der Waals surface area contributed by atoms with Crippen molar-refractivity contribution in [2.45, 2.75) is 39.5 Å². The van der Waals surface area contributed by atoms with Crippen LogP contribution in [0.2, 0.25) is 0 Å². The van der Waals surface area contributed by atoms with Crippen LogP contribution in [-0.4, -0.2) is 35.5 Å². The number of aliphatic imine (C=N–C) groups is 1. The van der Waals surface area contributed by atoms with Crippen molar-refractivity contribution in [2.75, 3.05) is 13.7 Å². The minimum absolute atomic E-state index is 0.219. The Hall–Kier alpha value is -2.70. The first-order valence-electron chi connectivity index (χ1n) is 8.96. The Morgan fingerprint density at radius 3 is 2.88 bits per heavy atom. The fraction of sp³-hybridized carbons (Fsp3) is 0.474. The Bertz CT molecular complexity index is 784. The average molecular weight is 357 g/mol. The lowest BCUT2D eigenvalue weighted by molar-refractivity contribution is 0.254. The van der Waals surface area contributed by atoms with E-state index in [2.05, 4.69) is 39.8 Å². The maximum absolute atomic E-state index is 5.88. The van der Waals surface area contributed by atoms with Gasteiger partial charge in [-0.2, -0.15) is 5.10 Å². The molecule has 2 N–H and O–H groups in total. The van der Waals surface area contributed by atoms with E-state index in [1.807, 2.05) is 26.4 Å². The summed E-state index contributed by atoms with van der Waals surface area (Å²) in [5, 5.41) is 10.8. The molecule has 1 aliphatic heterocycles. The van der Waals surface area contributed by atoms with E-state index in [9.17, 15) is 0 Å². The van der Waals surface area contributed by atoms with Crippen LogP contribution in [0.25, 0.3) is 0 Å². The number of nitrogens with zero attached hydrogens (tertiary/aromatic N) is 3. The summed E-state index contributed by atoms with van der Waals surface area (Å²) < 4.78 is 13.5. The van der Waals surface area contributed by atoms with E-state index in [1.165, 1.54) is 5.56 Å². The van der Waals surface area contributed by atoms with Crippen LogP contribution in [0, 0.1) is 0 Å². The normalized spacial score (nSPS) is 16.2. The molecule has 1 aromatic heterocycles. The van der Waals surface area contributed by atoms with Gasteiger partial charge in [-0.3, -0.25) is 9.67 Å². The van der Waals surface area contributed by atoms with Gasteiger partial charge in [0.05, 0.1) is 12.8 Å². The van der Waals surface area contributed by atoms with E-state index < -0.39 is 0 Å². The SMILES string of the molecule is CCOc1cc2c(cc1CNC(=NC)NCc1cnn(C)c1)OC(C)C2. The molecule has 3 rings (SSSR count). The van der Waals surface area contributed by atoms with Gasteiger partial charge in [0.25, 0.3) is 0 Å². The largest absolute Gasteiger partial charge is 0.494 e. The highest BCUT2D eigenvalue weighted by Crippen LogP contribution is 2.35. The minimum Gasteiger partial charge on any atom is -0.494 e. The zero-order valence-electron chi connectivity index (χ0n) is 15.9. The molecular weight excluding hydrogens is 330 g/mol. The minimum atomic E-state index is 0.219. The highest BCUT2D eigenvalue weighted by atomic mass is 16.5. The van der Waals surface area contributed by atoms with Crippen molar-refractivity contribution in [2.24, 2.45) is 12.0 Å². The summed E-state index contributed by atoms with van der Waals surface area (Å²) in [6.45, 7) is 5.99. The summed E-state index contributed by atoms with van der Waals surface area (Å²) in [6.07, 6.45) is 4.97. The van der Waals surface area contributed by atoms with Gasteiger partial charge in [0.15, 0.2) is 5.96 Å². The molecule has 140 valence electrons. The second-order valence-corrected chi connectivity index (χ2v) is 6.43. The molecular formula is C19H27N5O2. The number of benzene rings is 1. The number of guanidine groups is 1. The Balaban J connectivity index is 1.64. The lowest BCUT2D eigenvalue weighted by Crippen LogP contribution is -2.36. The highest BCUT2D eigenvalue weighted by Gasteiger charge is 2.21. The van der Waals surface area contributed by atoms with Gasteiger partial charge in [-0.25, -0.2) is 0 Å². The molecule has 7 nitrogen and oxygen atoms in total. The summed E-state index contributed by atoms with van der Waals surface area (Å²) in [7, 11) is 3.66. The van der Waals surface area contributed by atoms with Crippen molar-refractivity contribution in [3.63, 3.8) is 0 Å². The zero-order chi connectivity index (χ0) is 18.5. The molecule has 0 spiro atoms. The van der Waals surface area contributed by atoms with Crippen molar-refractivity contribution in [3.8, 4) is 11.5 Å². The summed E-state index contributed by atoms with van der Waals surface area (Å²) in [5.41, 5.74) is 3.37. The lowest BCUT2D eigenvalue weighted by Gasteiger charge is -2.15. The van der Waals surface area contributed by atoms with Crippen LogP contribution in [0.1, 0.15) is 30.5 Å². The van der Waals surface area contributed by atoms with Crippen molar-refractivity contribution in [1.29, 1.82) is 0 Å². The van der Waals surface area contributed by atoms with Crippen LogP contribution in [0.5, 0.6) is 11.5 Å². The third kappa shape index (κ3) is 4.28. The van der Waals surface area contributed by atoms with E-state index in [4.69, 9.17) is 9.47 Å². The second kappa shape index (κ2) is 8.12. The molecule has 1 aromatic carbocycles. The molecule has 1 unspecified atom stereocenters. The fourth-order valence-electron chi connectivity index (χ4n) is 3.06. The third-order valence-corrected chi connectivity index (χ3v) is 4.27. The number of nitrogens with one attached hydrogen (secondary N) is 2. The zero-order valence-corrected chi connectivity index (χ0v) is 15.9. The molecule has 0 aliphatic carbocycles. The molecule has 1 atom stereocenters. The topological polar surface area (TPSA) is 72.7 Å². The number of rotatable bonds is 6. The average Bonchev–Trinajstić information content (AvgIpc) is 3.19. The van der Waals surface area contributed by atoms with Crippen molar-refractivity contribution < 1.29 is 9.47 Å². The lowest BCUT2D eigenvalue weighted by atomic mass is 10.1. The molecule has 0 fully saturated rings. The quantitative estimate of drug-likeness (QED) is 0.611. The van der Waals surface area contributed by atoms with Gasteiger partial charge >= 0.3 is 0 Å². The van der Waals surface area contributed by atoms with Gasteiger partial charge in [-0.1, -0.05) is 0 Å². The van der Waals surface area contributed by atoms with Gasteiger partial charge in [0, 0.05) is 56.5 Å². The number of fused-ring (bicyclic) bond motifs is 1. The molecule has 0 saturated heterocycles. The van der Waals surface area contributed by atoms with Crippen LogP contribution in [0.15, 0.2) is 29.5 Å². The number of hydrogen-bond donors (Lipinski definition) is 2. The Morgan fingerprint density at radius 1 is 1.38 bits per heavy atom. The molecule has 0 radical (unpaired) electrons. The monoisotopic (exact) mass is 357 g/mol. The van der Waals surface area contributed by atoms with Crippen molar-refractivity contribution in [1.82, 2.24) is 20.4 Å². The standard InChI is InChI=1S/C19H27N5O2/c1-5-25-17-7-15-6-13(2)26-18(15)8-16(17)11-22-19(20-3)21-9-14-10-23-24(4)12-14/h7-8,10,12-13H,5-6,9,11H2,1-4H3,(H2,20,21,22). The number of ether oxygens (including phenoxy) is 2. The third-order valence-electron chi connectivity index (χ3n) is 4.27. The first kappa shape index (κ1) is 18.1. The van der Waals surface area contributed by atoms with E-state index in [0.717, 1.165) is 35.0 Å². The number of hydrogen-bond acceptors (Lipinski definition) is 4. The Morgan fingerprint density at radius 2 is 2.19 bits per heavy atom. The molecule has 2 aromatic rings. The van der Waals surface area contributed by atoms with Crippen LogP contribution >= 0.6 is 0 Å².